The fourth-order valence-corrected chi connectivity index (χ4v) is 4.57. The highest BCUT2D eigenvalue weighted by atomic mass is 19.1. The highest BCUT2D eigenvalue weighted by Gasteiger charge is 2.39. The number of carbonyl (C=O) groups is 4. The van der Waals surface area contributed by atoms with E-state index in [0.29, 0.717) is 22.4 Å². The van der Waals surface area contributed by atoms with E-state index in [2.05, 4.69) is 15.6 Å². The van der Waals surface area contributed by atoms with E-state index in [1.165, 1.54) is 26.7 Å². The SMILES string of the molecule is CC(c1ccccc1F)N(C)C(=O)c1cn(-c2ccc3c(c2)CN(C2CCC(=O)NC2=O)C3=O)nn1. The number of carbonyl (C=O) groups excluding carboxylic acids is 4. The number of aromatic nitrogens is 3. The minimum Gasteiger partial charge on any atom is -0.333 e. The third kappa shape index (κ3) is 4.02. The van der Waals surface area contributed by atoms with Crippen LogP contribution < -0.4 is 5.32 Å². The predicted molar refractivity (Wildman–Crippen MR) is 124 cm³/mol. The molecule has 1 saturated heterocycles. The maximum absolute atomic E-state index is 14.2. The number of benzene rings is 2. The Labute approximate surface area is 205 Å². The first-order valence-electron chi connectivity index (χ1n) is 11.5. The maximum Gasteiger partial charge on any atom is 0.276 e. The van der Waals surface area contributed by atoms with Crippen LogP contribution in [0.2, 0.25) is 0 Å². The first-order chi connectivity index (χ1) is 17.2. The smallest absolute Gasteiger partial charge is 0.276 e. The molecule has 11 heteroatoms. The molecule has 0 bridgehead atoms. The number of fused-ring (bicyclic) bond motifs is 1. The van der Waals surface area contributed by atoms with E-state index >= 15 is 0 Å². The number of amides is 4. The molecule has 184 valence electrons. The summed E-state index contributed by atoms with van der Waals surface area (Å²) < 4.78 is 15.6. The van der Waals surface area contributed by atoms with Crippen LogP contribution in [0.25, 0.3) is 5.69 Å². The zero-order valence-electron chi connectivity index (χ0n) is 19.6. The van der Waals surface area contributed by atoms with Crippen LogP contribution in [0.5, 0.6) is 0 Å². The van der Waals surface area contributed by atoms with Gasteiger partial charge in [0.15, 0.2) is 5.69 Å². The molecule has 2 aromatic carbocycles. The lowest BCUT2D eigenvalue weighted by atomic mass is 10.0. The van der Waals surface area contributed by atoms with Crippen molar-refractivity contribution in [1.82, 2.24) is 30.1 Å². The van der Waals surface area contributed by atoms with Gasteiger partial charge in [0.1, 0.15) is 11.9 Å². The normalized spacial score (nSPS) is 18.1. The Balaban J connectivity index is 1.33. The van der Waals surface area contributed by atoms with Gasteiger partial charge in [0.2, 0.25) is 11.8 Å². The summed E-state index contributed by atoms with van der Waals surface area (Å²) in [5, 5.41) is 10.3. The molecule has 3 heterocycles. The molecule has 1 N–H and O–H groups in total. The predicted octanol–water partition coefficient (Wildman–Crippen LogP) is 2.00. The molecule has 0 aliphatic carbocycles. The zero-order chi connectivity index (χ0) is 25.6. The first-order valence-corrected chi connectivity index (χ1v) is 11.5. The summed E-state index contributed by atoms with van der Waals surface area (Å²) in [6.45, 7) is 1.95. The Hall–Kier alpha value is -4.41. The first kappa shape index (κ1) is 23.3. The molecule has 2 atom stereocenters. The zero-order valence-corrected chi connectivity index (χ0v) is 19.6. The van der Waals surface area contributed by atoms with Crippen molar-refractivity contribution in [2.75, 3.05) is 7.05 Å². The van der Waals surface area contributed by atoms with Crippen LogP contribution in [-0.2, 0) is 16.1 Å². The van der Waals surface area contributed by atoms with Crippen molar-refractivity contribution in [3.8, 4) is 5.69 Å². The Morgan fingerprint density at radius 2 is 1.97 bits per heavy atom. The molecule has 0 radical (unpaired) electrons. The Bertz CT molecular complexity index is 1400. The lowest BCUT2D eigenvalue weighted by Gasteiger charge is -2.29. The number of hydrogen-bond donors (Lipinski definition) is 1. The average Bonchev–Trinajstić information content (AvgIpc) is 3.48. The standard InChI is InChI=1S/C25H23FN6O4/c1-14(17-5-3-4-6-19(17)26)30(2)25(36)20-13-32(29-28-20)16-7-8-18-15(11-16)12-31(24(18)35)21-9-10-22(33)27-23(21)34/h3-8,11,13-14,21H,9-10,12H2,1-2H3,(H,27,33,34). The molecule has 4 amide bonds. The van der Waals surface area contributed by atoms with E-state index in [0.717, 1.165) is 0 Å². The lowest BCUT2D eigenvalue weighted by molar-refractivity contribution is -0.136. The molecule has 2 unspecified atom stereocenters. The van der Waals surface area contributed by atoms with Crippen LogP contribution in [0.1, 0.15) is 57.8 Å². The van der Waals surface area contributed by atoms with Gasteiger partial charge in [-0.1, -0.05) is 23.4 Å². The molecule has 2 aliphatic heterocycles. The van der Waals surface area contributed by atoms with Crippen LogP contribution in [-0.4, -0.2) is 61.5 Å². The van der Waals surface area contributed by atoms with Gasteiger partial charge in [0.25, 0.3) is 11.8 Å². The van der Waals surface area contributed by atoms with Gasteiger partial charge in [-0.15, -0.1) is 5.10 Å². The highest BCUT2D eigenvalue weighted by Crippen LogP contribution is 2.29. The van der Waals surface area contributed by atoms with Crippen LogP contribution in [0.3, 0.4) is 0 Å². The van der Waals surface area contributed by atoms with Gasteiger partial charge in [0, 0.05) is 31.1 Å². The topological polar surface area (TPSA) is 118 Å². The van der Waals surface area contributed by atoms with Crippen molar-refractivity contribution in [2.45, 2.75) is 38.4 Å². The van der Waals surface area contributed by atoms with Gasteiger partial charge in [-0.3, -0.25) is 24.5 Å². The largest absolute Gasteiger partial charge is 0.333 e. The summed E-state index contributed by atoms with van der Waals surface area (Å²) >= 11 is 0. The number of imide groups is 1. The summed E-state index contributed by atoms with van der Waals surface area (Å²) in [6.07, 6.45) is 1.94. The second-order valence-corrected chi connectivity index (χ2v) is 8.90. The monoisotopic (exact) mass is 490 g/mol. The van der Waals surface area contributed by atoms with E-state index in [1.54, 1.807) is 50.4 Å². The van der Waals surface area contributed by atoms with E-state index in [-0.39, 0.29) is 36.9 Å². The van der Waals surface area contributed by atoms with Crippen LogP contribution in [0.15, 0.2) is 48.7 Å². The van der Waals surface area contributed by atoms with Gasteiger partial charge in [0.05, 0.1) is 17.9 Å². The molecule has 3 aromatic rings. The minimum atomic E-state index is -0.700. The molecule has 2 aliphatic rings. The van der Waals surface area contributed by atoms with Crippen LogP contribution in [0, 0.1) is 5.82 Å². The van der Waals surface area contributed by atoms with E-state index < -0.39 is 29.7 Å². The summed E-state index contributed by atoms with van der Waals surface area (Å²) in [5.41, 5.74) is 2.24. The quantitative estimate of drug-likeness (QED) is 0.547. The summed E-state index contributed by atoms with van der Waals surface area (Å²) in [4.78, 5) is 52.5. The molecule has 36 heavy (non-hydrogen) atoms. The van der Waals surface area contributed by atoms with Crippen molar-refractivity contribution in [2.24, 2.45) is 0 Å². The molecule has 10 nitrogen and oxygen atoms in total. The van der Waals surface area contributed by atoms with Crippen molar-refractivity contribution in [1.29, 1.82) is 0 Å². The van der Waals surface area contributed by atoms with Gasteiger partial charge in [-0.25, -0.2) is 9.07 Å². The molecule has 0 saturated carbocycles. The van der Waals surface area contributed by atoms with Gasteiger partial charge >= 0.3 is 0 Å². The summed E-state index contributed by atoms with van der Waals surface area (Å²) in [7, 11) is 1.57. The minimum absolute atomic E-state index is 0.0856. The number of hydrogen-bond acceptors (Lipinski definition) is 6. The van der Waals surface area contributed by atoms with Crippen molar-refractivity contribution in [3.63, 3.8) is 0 Å². The van der Waals surface area contributed by atoms with E-state index in [4.69, 9.17) is 0 Å². The van der Waals surface area contributed by atoms with Gasteiger partial charge in [-0.2, -0.15) is 0 Å². The fraction of sp³-hybridized carbons (Fsp3) is 0.280. The number of nitrogens with one attached hydrogen (secondary N) is 1. The molecular formula is C25H23FN6O4. The third-order valence-electron chi connectivity index (χ3n) is 6.74. The summed E-state index contributed by atoms with van der Waals surface area (Å²) in [6, 6.07) is 10.1. The third-order valence-corrected chi connectivity index (χ3v) is 6.74. The fourth-order valence-electron chi connectivity index (χ4n) is 4.57. The number of rotatable bonds is 5. The molecule has 1 fully saturated rings. The molecular weight excluding hydrogens is 467 g/mol. The second kappa shape index (κ2) is 8.99. The number of nitrogens with zero attached hydrogens (tertiary/aromatic N) is 5. The van der Waals surface area contributed by atoms with E-state index in [9.17, 15) is 23.6 Å². The van der Waals surface area contributed by atoms with Gasteiger partial charge in [-0.05, 0) is 43.2 Å². The Kier molecular flexibility index (Phi) is 5.83. The van der Waals surface area contributed by atoms with Crippen molar-refractivity contribution < 1.29 is 23.6 Å². The average molecular weight is 490 g/mol. The lowest BCUT2D eigenvalue weighted by Crippen LogP contribution is -2.52. The summed E-state index contributed by atoms with van der Waals surface area (Å²) in [5.74, 6) is -1.90. The Morgan fingerprint density at radius 1 is 1.19 bits per heavy atom. The number of halogens is 1. The van der Waals surface area contributed by atoms with Crippen molar-refractivity contribution >= 4 is 23.6 Å². The highest BCUT2D eigenvalue weighted by molar-refractivity contribution is 6.05. The maximum atomic E-state index is 14.2. The molecule has 5 rings (SSSR count). The van der Waals surface area contributed by atoms with Crippen LogP contribution in [0.4, 0.5) is 4.39 Å². The molecule has 1 aromatic heterocycles. The molecule has 0 spiro atoms. The second-order valence-electron chi connectivity index (χ2n) is 8.90. The van der Waals surface area contributed by atoms with Gasteiger partial charge < -0.3 is 9.80 Å². The Morgan fingerprint density at radius 3 is 2.72 bits per heavy atom. The number of piperidine rings is 1. The van der Waals surface area contributed by atoms with E-state index in [1.807, 2.05) is 0 Å². The van der Waals surface area contributed by atoms with Crippen LogP contribution >= 0.6 is 0 Å². The van der Waals surface area contributed by atoms with Crippen molar-refractivity contribution in [3.05, 3.63) is 76.9 Å².